The van der Waals surface area contributed by atoms with Gasteiger partial charge in [-0.15, -0.1) is 0 Å². The Labute approximate surface area is 131 Å². The van der Waals surface area contributed by atoms with Gasteiger partial charge in [-0.3, -0.25) is 0 Å². The first kappa shape index (κ1) is 16.9. The first-order valence-electron chi connectivity index (χ1n) is 7.42. The molecule has 1 aromatic heterocycles. The Balaban J connectivity index is 2.05. The smallest absolute Gasteiger partial charge is 0.318 e. The van der Waals surface area contributed by atoms with Crippen LogP contribution in [-0.2, 0) is 9.84 Å². The van der Waals surface area contributed by atoms with Gasteiger partial charge >= 0.3 is 6.03 Å². The van der Waals surface area contributed by atoms with Crippen LogP contribution in [0.1, 0.15) is 45.4 Å². The summed E-state index contributed by atoms with van der Waals surface area (Å²) in [6, 6.07) is 3.41. The Bertz CT molecular complexity index is 618. The fourth-order valence-corrected chi connectivity index (χ4v) is 2.52. The van der Waals surface area contributed by atoms with Gasteiger partial charge in [-0.1, -0.05) is 0 Å². The van der Waals surface area contributed by atoms with Crippen molar-refractivity contribution in [3.05, 3.63) is 24.2 Å². The molecule has 0 aromatic carbocycles. The fraction of sp³-hybridized carbons (Fsp3) is 0.667. The van der Waals surface area contributed by atoms with E-state index in [-0.39, 0.29) is 24.7 Å². The summed E-state index contributed by atoms with van der Waals surface area (Å²) in [4.78, 5) is 14.3. The summed E-state index contributed by atoms with van der Waals surface area (Å²) in [7, 11) is -3.24. The topological polar surface area (TPSA) is 79.6 Å². The molecule has 0 bridgehead atoms. The van der Waals surface area contributed by atoms with E-state index in [4.69, 9.17) is 4.42 Å². The van der Waals surface area contributed by atoms with Crippen molar-refractivity contribution in [3.63, 3.8) is 0 Å². The summed E-state index contributed by atoms with van der Waals surface area (Å²) in [5.41, 5.74) is 0. The highest BCUT2D eigenvalue weighted by Gasteiger charge is 2.38. The lowest BCUT2D eigenvalue weighted by Gasteiger charge is -2.30. The number of rotatable bonds is 6. The molecule has 1 N–H and O–H groups in total. The lowest BCUT2D eigenvalue weighted by atomic mass is 10.2. The summed E-state index contributed by atoms with van der Waals surface area (Å²) < 4.78 is 27.8. The number of carbonyl (C=O) groups is 1. The molecule has 1 aliphatic rings. The van der Waals surface area contributed by atoms with Crippen molar-refractivity contribution >= 4 is 15.9 Å². The van der Waals surface area contributed by atoms with Gasteiger partial charge in [-0.2, -0.15) is 0 Å². The van der Waals surface area contributed by atoms with Crippen molar-refractivity contribution in [1.82, 2.24) is 10.2 Å². The molecule has 2 amide bonds. The molecule has 0 radical (unpaired) electrons. The summed E-state index contributed by atoms with van der Waals surface area (Å²) in [6.07, 6.45) is 4.70. The Morgan fingerprint density at radius 2 is 2.14 bits per heavy atom. The summed E-state index contributed by atoms with van der Waals surface area (Å²) >= 11 is 0. The van der Waals surface area contributed by atoms with Crippen LogP contribution in [0.4, 0.5) is 4.79 Å². The van der Waals surface area contributed by atoms with E-state index in [9.17, 15) is 13.2 Å². The van der Waals surface area contributed by atoms with Crippen LogP contribution in [0.15, 0.2) is 22.8 Å². The zero-order chi connectivity index (χ0) is 16.5. The van der Waals surface area contributed by atoms with Gasteiger partial charge in [0.1, 0.15) is 5.76 Å². The van der Waals surface area contributed by atoms with Crippen LogP contribution >= 0.6 is 0 Å². The van der Waals surface area contributed by atoms with Crippen LogP contribution in [0.5, 0.6) is 0 Å². The van der Waals surface area contributed by atoms with E-state index in [1.165, 1.54) is 6.26 Å². The fourth-order valence-electron chi connectivity index (χ4n) is 2.19. The Morgan fingerprint density at radius 1 is 1.50 bits per heavy atom. The third kappa shape index (κ3) is 3.63. The van der Waals surface area contributed by atoms with E-state index < -0.39 is 14.6 Å². The first-order valence-corrected chi connectivity index (χ1v) is 9.32. The predicted molar refractivity (Wildman–Crippen MR) is 84.3 cm³/mol. The summed E-state index contributed by atoms with van der Waals surface area (Å²) in [6.45, 7) is 5.22. The van der Waals surface area contributed by atoms with Crippen molar-refractivity contribution in [3.8, 4) is 0 Å². The molecule has 7 heteroatoms. The quantitative estimate of drug-likeness (QED) is 0.869. The van der Waals surface area contributed by atoms with Crippen LogP contribution in [-0.4, -0.2) is 42.9 Å². The minimum Gasteiger partial charge on any atom is -0.467 e. The van der Waals surface area contributed by atoms with E-state index in [0.717, 1.165) is 18.6 Å². The average molecular weight is 328 g/mol. The van der Waals surface area contributed by atoms with Crippen LogP contribution < -0.4 is 5.32 Å². The number of urea groups is 1. The Kier molecular flexibility index (Phi) is 4.56. The molecule has 1 aliphatic carbocycles. The highest BCUT2D eigenvalue weighted by molar-refractivity contribution is 7.92. The van der Waals surface area contributed by atoms with Crippen LogP contribution in [0.3, 0.4) is 0 Å². The number of sulfone groups is 1. The lowest BCUT2D eigenvalue weighted by molar-refractivity contribution is 0.165. The molecule has 0 saturated heterocycles. The lowest BCUT2D eigenvalue weighted by Crippen LogP contribution is -2.49. The van der Waals surface area contributed by atoms with Gasteiger partial charge < -0.3 is 14.6 Å². The van der Waals surface area contributed by atoms with E-state index in [2.05, 4.69) is 5.32 Å². The number of hydrogen-bond donors (Lipinski definition) is 1. The zero-order valence-electron chi connectivity index (χ0n) is 13.5. The van der Waals surface area contributed by atoms with Gasteiger partial charge in [0, 0.05) is 18.8 Å². The molecule has 22 heavy (non-hydrogen) atoms. The molecule has 1 fully saturated rings. The highest BCUT2D eigenvalue weighted by atomic mass is 32.2. The molecule has 0 unspecified atom stereocenters. The minimum absolute atomic E-state index is 0.0821. The predicted octanol–water partition coefficient (Wildman–Crippen LogP) is 2.34. The van der Waals surface area contributed by atoms with E-state index in [1.807, 2.05) is 13.0 Å². The number of amides is 2. The van der Waals surface area contributed by atoms with E-state index >= 15 is 0 Å². The molecule has 2 rings (SSSR count). The molecule has 1 atom stereocenters. The van der Waals surface area contributed by atoms with Gasteiger partial charge in [0.2, 0.25) is 0 Å². The second-order valence-corrected chi connectivity index (χ2v) is 9.17. The highest BCUT2D eigenvalue weighted by Crippen LogP contribution is 2.34. The number of nitrogens with zero attached hydrogens (tertiary/aromatic N) is 1. The van der Waals surface area contributed by atoms with Gasteiger partial charge in [0.25, 0.3) is 0 Å². The molecule has 1 saturated carbocycles. The second kappa shape index (κ2) is 5.95. The Morgan fingerprint density at radius 3 is 2.59 bits per heavy atom. The van der Waals surface area contributed by atoms with Crippen molar-refractivity contribution in [2.24, 2.45) is 0 Å². The molecular formula is C15H24N2O4S. The molecular weight excluding hydrogens is 304 g/mol. The second-order valence-electron chi connectivity index (χ2n) is 6.52. The van der Waals surface area contributed by atoms with Gasteiger partial charge in [-0.05, 0) is 45.7 Å². The standard InChI is InChI=1S/C15H24N2O4S/c1-11(13-6-5-9-21-13)17(12-7-8-12)14(18)16-10-15(2,3)22(4,19)20/h5-6,9,11-12H,7-8,10H2,1-4H3,(H,16,18)/t11-/m1/s1. The van der Waals surface area contributed by atoms with Gasteiger partial charge in [-0.25, -0.2) is 13.2 Å². The number of furan rings is 1. The van der Waals surface area contributed by atoms with Crippen molar-refractivity contribution < 1.29 is 17.6 Å². The third-order valence-electron chi connectivity index (χ3n) is 4.22. The largest absolute Gasteiger partial charge is 0.467 e. The number of carbonyl (C=O) groups excluding carboxylic acids is 1. The maximum absolute atomic E-state index is 12.5. The molecule has 124 valence electrons. The summed E-state index contributed by atoms with van der Waals surface area (Å²) in [5, 5.41) is 2.76. The molecule has 0 spiro atoms. The molecule has 1 aromatic rings. The first-order chi connectivity index (χ1) is 10.1. The Hall–Kier alpha value is -1.50. The normalized spacial score (nSPS) is 17.1. The average Bonchev–Trinajstić information content (AvgIpc) is 3.07. The van der Waals surface area contributed by atoms with Gasteiger partial charge in [0.15, 0.2) is 9.84 Å². The minimum atomic E-state index is -3.24. The van der Waals surface area contributed by atoms with Crippen molar-refractivity contribution in [2.45, 2.75) is 50.4 Å². The van der Waals surface area contributed by atoms with E-state index in [1.54, 1.807) is 31.1 Å². The van der Waals surface area contributed by atoms with Crippen LogP contribution in [0.2, 0.25) is 0 Å². The monoisotopic (exact) mass is 328 g/mol. The zero-order valence-corrected chi connectivity index (χ0v) is 14.3. The SMILES string of the molecule is C[C@H](c1ccco1)N(C(=O)NCC(C)(C)S(C)(=O)=O)C1CC1. The molecule has 1 heterocycles. The summed E-state index contributed by atoms with van der Waals surface area (Å²) in [5.74, 6) is 0.726. The molecule has 6 nitrogen and oxygen atoms in total. The van der Waals surface area contributed by atoms with E-state index in [0.29, 0.717) is 0 Å². The van der Waals surface area contributed by atoms with Crippen LogP contribution in [0, 0.1) is 0 Å². The van der Waals surface area contributed by atoms with Crippen molar-refractivity contribution in [2.75, 3.05) is 12.8 Å². The maximum Gasteiger partial charge on any atom is 0.318 e. The third-order valence-corrected chi connectivity index (χ3v) is 6.37. The number of hydrogen-bond acceptors (Lipinski definition) is 4. The number of nitrogens with one attached hydrogen (secondary N) is 1. The molecule has 0 aliphatic heterocycles. The van der Waals surface area contributed by atoms with Crippen LogP contribution in [0.25, 0.3) is 0 Å². The van der Waals surface area contributed by atoms with Crippen molar-refractivity contribution in [1.29, 1.82) is 0 Å². The van der Waals surface area contributed by atoms with Gasteiger partial charge in [0.05, 0.1) is 17.1 Å². The maximum atomic E-state index is 12.5.